The molecule has 5 nitrogen and oxygen atoms in total. The van der Waals surface area contributed by atoms with Crippen molar-refractivity contribution >= 4 is 17.6 Å². The summed E-state index contributed by atoms with van der Waals surface area (Å²) in [6.07, 6.45) is 4.26. The number of hydrogen-bond donors (Lipinski definition) is 2. The topological polar surface area (TPSA) is 75.4 Å². The van der Waals surface area contributed by atoms with Crippen molar-refractivity contribution in [3.8, 4) is 0 Å². The van der Waals surface area contributed by atoms with Gasteiger partial charge in [-0.25, -0.2) is 9.18 Å². The monoisotopic (exact) mass is 291 g/mol. The van der Waals surface area contributed by atoms with Crippen LogP contribution in [0, 0.1) is 5.82 Å². The minimum atomic E-state index is -0.764. The third-order valence-electron chi connectivity index (χ3n) is 4.36. The maximum Gasteiger partial charge on any atom is 0.325 e. The summed E-state index contributed by atoms with van der Waals surface area (Å²) in [7, 11) is 0. The summed E-state index contributed by atoms with van der Waals surface area (Å²) in [5.41, 5.74) is 5.35. The van der Waals surface area contributed by atoms with E-state index in [4.69, 9.17) is 5.73 Å². The summed E-state index contributed by atoms with van der Waals surface area (Å²) in [5, 5.41) is 2.81. The minimum Gasteiger partial charge on any atom is -0.399 e. The van der Waals surface area contributed by atoms with Gasteiger partial charge in [-0.1, -0.05) is 25.3 Å². The molecule has 0 bridgehead atoms. The number of halogens is 1. The molecule has 3 rings (SSSR count). The number of nitrogen functional groups attached to an aromatic ring is 1. The Hall–Kier alpha value is -2.11. The number of benzene rings is 1. The van der Waals surface area contributed by atoms with Crippen LogP contribution >= 0.6 is 0 Å². The van der Waals surface area contributed by atoms with Crippen LogP contribution in [-0.4, -0.2) is 22.4 Å². The fourth-order valence-corrected chi connectivity index (χ4v) is 3.18. The molecule has 1 aliphatic heterocycles. The Bertz CT molecular complexity index is 597. The fourth-order valence-electron chi connectivity index (χ4n) is 3.18. The summed E-state index contributed by atoms with van der Waals surface area (Å²) in [6, 6.07) is 3.84. The van der Waals surface area contributed by atoms with Crippen molar-refractivity contribution in [2.45, 2.75) is 44.2 Å². The van der Waals surface area contributed by atoms with E-state index in [-0.39, 0.29) is 12.5 Å². The molecule has 3 N–H and O–H groups in total. The third kappa shape index (κ3) is 2.34. The van der Waals surface area contributed by atoms with Crippen molar-refractivity contribution in [3.63, 3.8) is 0 Å². The molecule has 1 saturated heterocycles. The summed E-state index contributed by atoms with van der Waals surface area (Å²) < 4.78 is 13.8. The average Bonchev–Trinajstić information content (AvgIpc) is 2.67. The first-order valence-electron chi connectivity index (χ1n) is 7.20. The Morgan fingerprint density at radius 2 is 1.95 bits per heavy atom. The summed E-state index contributed by atoms with van der Waals surface area (Å²) in [6.45, 7) is -0.0570. The highest BCUT2D eigenvalue weighted by Gasteiger charge is 2.51. The quantitative estimate of drug-likeness (QED) is 0.647. The van der Waals surface area contributed by atoms with Crippen LogP contribution in [0.2, 0.25) is 0 Å². The van der Waals surface area contributed by atoms with Crippen LogP contribution in [-0.2, 0) is 11.3 Å². The molecule has 0 aromatic heterocycles. The standard InChI is InChI=1S/C15H18FN3O2/c16-12-8-11(17)5-4-10(12)9-19-13(20)15(18-14(19)21)6-2-1-3-7-15/h4-5,8H,1-3,6-7,9,17H2,(H,18,21). The van der Waals surface area contributed by atoms with E-state index in [0.717, 1.165) is 24.2 Å². The van der Waals surface area contributed by atoms with Crippen LogP contribution in [0.1, 0.15) is 37.7 Å². The van der Waals surface area contributed by atoms with Crippen molar-refractivity contribution in [2.75, 3.05) is 5.73 Å². The van der Waals surface area contributed by atoms with Crippen LogP contribution in [0.5, 0.6) is 0 Å². The number of rotatable bonds is 2. The predicted octanol–water partition coefficient (Wildman–Crippen LogP) is 2.16. The van der Waals surface area contributed by atoms with Gasteiger partial charge in [0.2, 0.25) is 0 Å². The second-order valence-corrected chi connectivity index (χ2v) is 5.82. The number of nitrogens with one attached hydrogen (secondary N) is 1. The van der Waals surface area contributed by atoms with E-state index in [0.29, 0.717) is 24.1 Å². The second-order valence-electron chi connectivity index (χ2n) is 5.82. The molecule has 3 amide bonds. The number of hydrogen-bond acceptors (Lipinski definition) is 3. The zero-order valence-electron chi connectivity index (χ0n) is 11.7. The van der Waals surface area contributed by atoms with Crippen LogP contribution in [0.25, 0.3) is 0 Å². The maximum atomic E-state index is 13.8. The summed E-state index contributed by atoms with van der Waals surface area (Å²) >= 11 is 0. The molecule has 1 saturated carbocycles. The zero-order chi connectivity index (χ0) is 15.0. The lowest BCUT2D eigenvalue weighted by molar-refractivity contribution is -0.132. The second kappa shape index (κ2) is 5.02. The Morgan fingerprint density at radius 1 is 1.24 bits per heavy atom. The number of nitrogens with two attached hydrogens (primary N) is 1. The highest BCUT2D eigenvalue weighted by molar-refractivity contribution is 6.07. The van der Waals surface area contributed by atoms with E-state index in [1.807, 2.05) is 0 Å². The van der Waals surface area contributed by atoms with Crippen LogP contribution in [0.4, 0.5) is 14.9 Å². The lowest BCUT2D eigenvalue weighted by Crippen LogP contribution is -2.48. The number of anilines is 1. The SMILES string of the molecule is Nc1ccc(CN2C(=O)NC3(CCCCC3)C2=O)c(F)c1. The first-order valence-corrected chi connectivity index (χ1v) is 7.20. The van der Waals surface area contributed by atoms with E-state index in [1.54, 1.807) is 6.07 Å². The Balaban J connectivity index is 1.82. The van der Waals surface area contributed by atoms with Crippen molar-refractivity contribution in [2.24, 2.45) is 0 Å². The van der Waals surface area contributed by atoms with Gasteiger partial charge in [-0.05, 0) is 25.0 Å². The molecule has 1 aromatic carbocycles. The van der Waals surface area contributed by atoms with Crippen molar-refractivity contribution in [1.82, 2.24) is 10.2 Å². The average molecular weight is 291 g/mol. The van der Waals surface area contributed by atoms with Gasteiger partial charge in [0.05, 0.1) is 6.54 Å². The van der Waals surface area contributed by atoms with E-state index in [9.17, 15) is 14.0 Å². The number of carbonyl (C=O) groups is 2. The van der Waals surface area contributed by atoms with Crippen molar-refractivity contribution in [1.29, 1.82) is 0 Å². The first-order chi connectivity index (χ1) is 10.0. The van der Waals surface area contributed by atoms with Crippen molar-refractivity contribution in [3.05, 3.63) is 29.6 Å². The van der Waals surface area contributed by atoms with Gasteiger partial charge in [0.15, 0.2) is 0 Å². The number of carbonyl (C=O) groups excluding carboxylic acids is 2. The lowest BCUT2D eigenvalue weighted by atomic mass is 9.82. The van der Waals surface area contributed by atoms with E-state index in [1.165, 1.54) is 12.1 Å². The van der Waals surface area contributed by atoms with Gasteiger partial charge in [0, 0.05) is 11.3 Å². The molecule has 1 heterocycles. The normalized spacial score (nSPS) is 20.9. The lowest BCUT2D eigenvalue weighted by Gasteiger charge is -2.30. The molecule has 2 fully saturated rings. The van der Waals surface area contributed by atoms with Gasteiger partial charge in [-0.2, -0.15) is 0 Å². The molecule has 0 unspecified atom stereocenters. The zero-order valence-corrected chi connectivity index (χ0v) is 11.7. The smallest absolute Gasteiger partial charge is 0.325 e. The maximum absolute atomic E-state index is 13.8. The van der Waals surface area contributed by atoms with E-state index >= 15 is 0 Å². The predicted molar refractivity (Wildman–Crippen MR) is 75.7 cm³/mol. The molecule has 21 heavy (non-hydrogen) atoms. The van der Waals surface area contributed by atoms with Crippen molar-refractivity contribution < 1.29 is 14.0 Å². The van der Waals surface area contributed by atoms with Crippen LogP contribution < -0.4 is 11.1 Å². The van der Waals surface area contributed by atoms with Gasteiger partial charge in [-0.3, -0.25) is 9.69 Å². The third-order valence-corrected chi connectivity index (χ3v) is 4.36. The molecule has 2 aliphatic rings. The molecule has 1 spiro atoms. The Labute approximate surface area is 122 Å². The number of imide groups is 1. The van der Waals surface area contributed by atoms with E-state index < -0.39 is 17.4 Å². The largest absolute Gasteiger partial charge is 0.399 e. The molecule has 112 valence electrons. The molecular weight excluding hydrogens is 273 g/mol. The summed E-state index contributed by atoms with van der Waals surface area (Å²) in [5.74, 6) is -0.733. The number of nitrogens with zero attached hydrogens (tertiary/aromatic N) is 1. The van der Waals surface area contributed by atoms with Gasteiger partial charge in [-0.15, -0.1) is 0 Å². The van der Waals surface area contributed by atoms with E-state index in [2.05, 4.69) is 5.32 Å². The molecule has 1 aromatic rings. The molecule has 0 atom stereocenters. The molecular formula is C15H18FN3O2. The van der Waals surface area contributed by atoms with Crippen LogP contribution in [0.3, 0.4) is 0 Å². The molecule has 6 heteroatoms. The molecule has 1 aliphatic carbocycles. The molecule has 0 radical (unpaired) electrons. The first kappa shape index (κ1) is 13.9. The van der Waals surface area contributed by atoms with Gasteiger partial charge < -0.3 is 11.1 Å². The number of urea groups is 1. The Kier molecular flexibility index (Phi) is 3.31. The summed E-state index contributed by atoms with van der Waals surface area (Å²) in [4.78, 5) is 25.8. The highest BCUT2D eigenvalue weighted by atomic mass is 19.1. The number of amides is 3. The van der Waals surface area contributed by atoms with Crippen LogP contribution in [0.15, 0.2) is 18.2 Å². The Morgan fingerprint density at radius 3 is 2.62 bits per heavy atom. The van der Waals surface area contributed by atoms with Gasteiger partial charge in [0.1, 0.15) is 11.4 Å². The van der Waals surface area contributed by atoms with Gasteiger partial charge >= 0.3 is 6.03 Å². The highest BCUT2D eigenvalue weighted by Crippen LogP contribution is 2.34. The fraction of sp³-hybridized carbons (Fsp3) is 0.467. The van der Waals surface area contributed by atoms with Gasteiger partial charge in [0.25, 0.3) is 5.91 Å². The minimum absolute atomic E-state index is 0.0570.